The maximum absolute atomic E-state index is 15.1. The van der Waals surface area contributed by atoms with Gasteiger partial charge in [-0.2, -0.15) is 0 Å². The molecule has 2 bridgehead atoms. The second-order valence-electron chi connectivity index (χ2n) is 17.2. The third-order valence-electron chi connectivity index (χ3n) is 12.3. The molecule has 1 aliphatic heterocycles. The van der Waals surface area contributed by atoms with E-state index in [-0.39, 0.29) is 39.6 Å². The molecular formula is C43H59NO17. The highest BCUT2D eigenvalue weighted by Crippen LogP contribution is 2.64. The molecule has 11 N–H and O–H groups in total. The van der Waals surface area contributed by atoms with Gasteiger partial charge in [0, 0.05) is 25.2 Å². The van der Waals surface area contributed by atoms with Gasteiger partial charge in [-0.1, -0.05) is 62.3 Å². The fourth-order valence-electron chi connectivity index (χ4n) is 9.33. The molecule has 61 heavy (non-hydrogen) atoms. The number of rotatable bonds is 8. The molecule has 0 spiro atoms. The minimum atomic E-state index is -2.63. The molecule has 2 aromatic carbocycles. The number of esters is 3. The molecule has 1 heterocycles. The van der Waals surface area contributed by atoms with Gasteiger partial charge in [0.05, 0.1) is 42.5 Å². The molecule has 3 aliphatic carbocycles. The second-order valence-corrected chi connectivity index (χ2v) is 17.2. The number of carbonyl (C=O) groups excluding carboxylic acids is 5. The van der Waals surface area contributed by atoms with Crippen molar-refractivity contribution in [2.24, 2.45) is 16.7 Å². The van der Waals surface area contributed by atoms with Crippen LogP contribution in [0.4, 0.5) is 4.79 Å². The summed E-state index contributed by atoms with van der Waals surface area (Å²) in [7, 11) is 0. The fourth-order valence-corrected chi connectivity index (χ4v) is 9.33. The lowest BCUT2D eigenvalue weighted by Gasteiger charge is -2.67. The van der Waals surface area contributed by atoms with Crippen molar-refractivity contribution >= 4 is 29.8 Å². The van der Waals surface area contributed by atoms with E-state index in [1.807, 2.05) is 0 Å². The summed E-state index contributed by atoms with van der Waals surface area (Å²) in [6.45, 7) is 10.9. The van der Waals surface area contributed by atoms with Crippen molar-refractivity contribution < 1.29 is 91.4 Å². The van der Waals surface area contributed by atoms with Gasteiger partial charge in [0.15, 0.2) is 17.5 Å². The molecule has 1 amide bonds. The van der Waals surface area contributed by atoms with Gasteiger partial charge in [0.25, 0.3) is 0 Å². The minimum absolute atomic E-state index is 0. The summed E-state index contributed by atoms with van der Waals surface area (Å²) >= 11 is 0. The monoisotopic (exact) mass is 866 g/mol. The largest absolute Gasteiger partial charge is 0.456 e. The third kappa shape index (κ3) is 8.55. The molecule has 3 fully saturated rings. The normalized spacial score (nSPS) is 33.2. The summed E-state index contributed by atoms with van der Waals surface area (Å²) in [5.41, 5.74) is -10.5. The first-order valence-corrected chi connectivity index (χ1v) is 18.9. The standard InChI is InChI=1S/C43H53NO14.3H2O/c1-22-26(55-37(51)32(48)30(24-15-11-9-12-16-24)44-38(52)58-39(3,4)5)20-43(53)35(56-36(50)25-17-13-10-14-18-25)33-41(8,34(49)31(47)29(22)40(43,6)7)27(46)19-28-42(33,21-54-28)57-23(2)45;;;/h9-18,26-28,30-33,35,46-48,53H,19-21H2,1-8H3,(H,44,52);3*1H2/t26-,27-,28+,30-,31+,32+,33-,35-,41+,42-,43+;;;/m0.../s1/i10D,13D,14D,17D,18D;;;. The zero-order chi connectivity index (χ0) is 47.1. The summed E-state index contributed by atoms with van der Waals surface area (Å²) in [5, 5.41) is 51.8. The highest BCUT2D eigenvalue weighted by Gasteiger charge is 2.78. The van der Waals surface area contributed by atoms with Crippen molar-refractivity contribution in [2.75, 3.05) is 6.61 Å². The van der Waals surface area contributed by atoms with E-state index in [1.165, 1.54) is 39.8 Å². The molecule has 18 heteroatoms. The van der Waals surface area contributed by atoms with Gasteiger partial charge in [0.1, 0.15) is 35.6 Å². The van der Waals surface area contributed by atoms with E-state index in [1.54, 1.807) is 39.0 Å². The Labute approximate surface area is 360 Å². The number of aliphatic hydroxyl groups excluding tert-OH is 3. The van der Waals surface area contributed by atoms with Crippen molar-refractivity contribution in [1.29, 1.82) is 0 Å². The van der Waals surface area contributed by atoms with Crippen LogP contribution < -0.4 is 5.32 Å². The predicted molar refractivity (Wildman–Crippen MR) is 214 cm³/mol. The number of nitrogens with one attached hydrogen (secondary N) is 1. The van der Waals surface area contributed by atoms with Crippen molar-refractivity contribution in [1.82, 2.24) is 5.32 Å². The highest BCUT2D eigenvalue weighted by molar-refractivity contribution is 5.94. The number of Topliss-reactive ketones (excluding diaryl/α,β-unsaturated/α-hetero) is 1. The Bertz CT molecular complexity index is 2240. The number of fused-ring (bicyclic) bond motifs is 5. The van der Waals surface area contributed by atoms with E-state index in [9.17, 15) is 39.6 Å². The summed E-state index contributed by atoms with van der Waals surface area (Å²) in [6, 6.07) is 1.92. The Morgan fingerprint density at radius 2 is 1.59 bits per heavy atom. The van der Waals surface area contributed by atoms with E-state index in [4.69, 9.17) is 30.5 Å². The molecule has 6 rings (SSSR count). The van der Waals surface area contributed by atoms with Gasteiger partial charge in [-0.05, 0) is 63.4 Å². The van der Waals surface area contributed by atoms with E-state index in [0.29, 0.717) is 0 Å². The number of amides is 1. The number of hydrogen-bond acceptors (Lipinski definition) is 14. The Hall–Kier alpha value is -4.79. The van der Waals surface area contributed by atoms with Crippen LogP contribution in [-0.4, -0.2) is 127 Å². The van der Waals surface area contributed by atoms with Crippen LogP contribution in [0, 0.1) is 16.7 Å². The van der Waals surface area contributed by atoms with Crippen LogP contribution in [0.2, 0.25) is 0 Å². The van der Waals surface area contributed by atoms with Crippen molar-refractivity contribution in [3.8, 4) is 0 Å². The van der Waals surface area contributed by atoms with E-state index in [0.717, 1.165) is 6.92 Å². The number of carbonyl (C=O) groups is 5. The maximum atomic E-state index is 15.1. The number of aliphatic hydroxyl groups is 4. The van der Waals surface area contributed by atoms with Gasteiger partial charge in [-0.15, -0.1) is 0 Å². The van der Waals surface area contributed by atoms with E-state index >= 15 is 4.79 Å². The molecule has 0 radical (unpaired) electrons. The quantitative estimate of drug-likeness (QED) is 0.139. The Kier molecular flexibility index (Phi) is 12.6. The average molecular weight is 867 g/mol. The first kappa shape index (κ1) is 42.9. The molecule has 1 saturated heterocycles. The van der Waals surface area contributed by atoms with Crippen LogP contribution in [0.25, 0.3) is 0 Å². The predicted octanol–water partition coefficient (Wildman–Crippen LogP) is 0.786. The van der Waals surface area contributed by atoms with Crippen LogP contribution >= 0.6 is 0 Å². The summed E-state index contributed by atoms with van der Waals surface area (Å²) in [5.74, 6) is -6.67. The van der Waals surface area contributed by atoms with Crippen LogP contribution in [-0.2, 0) is 38.1 Å². The number of ether oxygens (including phenoxy) is 5. The SMILES string of the molecule is O.O.O.[2H]c1c([2H])c([2H])c(C(=O)O[C@H]2[C@@H]3[C@]4(OC(C)=O)CO[C@@H]4C[C@H](O)[C@@]3(C)C(=O)[C@H](O)C3=C(C)[C@@H](OC(=O)[C@H](O)[C@@H](NC(=O)OC(C)(C)C)c4ccccc4)C[C@]2(O)C3(C)C)c([2H])c1[2H]. The number of ketones is 1. The van der Waals surface area contributed by atoms with Gasteiger partial charge >= 0.3 is 24.0 Å². The van der Waals surface area contributed by atoms with Crippen molar-refractivity contribution in [3.05, 3.63) is 82.8 Å². The summed E-state index contributed by atoms with van der Waals surface area (Å²) in [6.07, 6.45) is -13.0. The summed E-state index contributed by atoms with van der Waals surface area (Å²) in [4.78, 5) is 69.6. The van der Waals surface area contributed by atoms with Crippen LogP contribution in [0.5, 0.6) is 0 Å². The van der Waals surface area contributed by atoms with Gasteiger partial charge in [-0.25, -0.2) is 14.4 Å². The summed E-state index contributed by atoms with van der Waals surface area (Å²) < 4.78 is 70.7. The molecule has 338 valence electrons. The highest BCUT2D eigenvalue weighted by atomic mass is 16.6. The number of benzene rings is 2. The second kappa shape index (κ2) is 17.9. The minimum Gasteiger partial charge on any atom is -0.456 e. The van der Waals surface area contributed by atoms with Gasteiger partial charge in [0.2, 0.25) is 0 Å². The maximum Gasteiger partial charge on any atom is 0.408 e. The average Bonchev–Trinajstić information content (AvgIpc) is 3.19. The third-order valence-corrected chi connectivity index (χ3v) is 12.3. The van der Waals surface area contributed by atoms with Gasteiger partial charge < -0.3 is 65.9 Å². The lowest BCUT2D eigenvalue weighted by atomic mass is 9.44. The Morgan fingerprint density at radius 1 is 0.984 bits per heavy atom. The zero-order valence-electron chi connectivity index (χ0n) is 40.0. The molecule has 2 aromatic rings. The van der Waals surface area contributed by atoms with E-state index in [2.05, 4.69) is 5.32 Å². The Morgan fingerprint density at radius 3 is 2.13 bits per heavy atom. The fraction of sp³-hybridized carbons (Fsp3) is 0.558. The molecular weight excluding hydrogens is 802 g/mol. The molecule has 4 aliphatic rings. The number of hydrogen-bond donors (Lipinski definition) is 5. The first-order chi connectivity index (χ1) is 29.1. The zero-order valence-corrected chi connectivity index (χ0v) is 35.0. The molecule has 0 unspecified atom stereocenters. The van der Waals surface area contributed by atoms with Crippen LogP contribution in [0.1, 0.15) is 97.0 Å². The van der Waals surface area contributed by atoms with Crippen LogP contribution in [0.15, 0.2) is 71.7 Å². The lowest BCUT2D eigenvalue weighted by Crippen LogP contribution is -2.81. The smallest absolute Gasteiger partial charge is 0.408 e. The number of alkyl carbamates (subject to hydrolysis) is 1. The molecule has 11 atom stereocenters. The lowest BCUT2D eigenvalue weighted by molar-refractivity contribution is -0.346. The molecule has 0 aromatic heterocycles. The topological polar surface area (TPSA) is 319 Å². The van der Waals surface area contributed by atoms with Crippen molar-refractivity contribution in [2.45, 2.75) is 128 Å². The first-order valence-electron chi connectivity index (χ1n) is 21.4. The van der Waals surface area contributed by atoms with Gasteiger partial charge in [-0.3, -0.25) is 9.59 Å². The van der Waals surface area contributed by atoms with Crippen LogP contribution in [0.3, 0.4) is 0 Å². The Balaban J connectivity index is 0.00000385. The van der Waals surface area contributed by atoms with Crippen molar-refractivity contribution in [3.63, 3.8) is 0 Å². The van der Waals surface area contributed by atoms with E-state index < -0.39 is 155 Å². The molecule has 18 nitrogen and oxygen atoms in total. The molecule has 2 saturated carbocycles.